The summed E-state index contributed by atoms with van der Waals surface area (Å²) in [5.41, 5.74) is 3.22. The van der Waals surface area contributed by atoms with Gasteiger partial charge in [0.05, 0.1) is 23.4 Å². The van der Waals surface area contributed by atoms with Crippen LogP contribution in [-0.2, 0) is 4.79 Å². The molecule has 0 aromatic carbocycles. The van der Waals surface area contributed by atoms with Gasteiger partial charge in [-0.1, -0.05) is 0 Å². The third kappa shape index (κ3) is 4.42. The molecule has 7 nitrogen and oxygen atoms in total. The molecule has 3 aromatic rings. The highest BCUT2D eigenvalue weighted by Crippen LogP contribution is 2.36. The second-order valence-electron chi connectivity index (χ2n) is 9.21. The van der Waals surface area contributed by atoms with E-state index in [0.717, 1.165) is 66.6 Å². The number of carbonyl (C=O) groups is 1. The molecule has 0 atom stereocenters. The number of aromatic nitrogens is 3. The van der Waals surface area contributed by atoms with Crippen LogP contribution in [0.2, 0.25) is 0 Å². The highest BCUT2D eigenvalue weighted by molar-refractivity contribution is 5.93. The van der Waals surface area contributed by atoms with Gasteiger partial charge in [0.15, 0.2) is 5.82 Å². The lowest BCUT2D eigenvalue weighted by Crippen LogP contribution is -2.34. The summed E-state index contributed by atoms with van der Waals surface area (Å²) in [5.74, 6) is 1.52. The van der Waals surface area contributed by atoms with E-state index in [2.05, 4.69) is 15.4 Å². The van der Waals surface area contributed by atoms with Crippen LogP contribution in [-0.4, -0.2) is 37.3 Å². The number of aliphatic hydroxyl groups is 1. The molecular formula is C24H28N4O3. The van der Waals surface area contributed by atoms with Crippen molar-refractivity contribution in [3.63, 3.8) is 0 Å². The number of pyridine rings is 2. The summed E-state index contributed by atoms with van der Waals surface area (Å²) in [5, 5.41) is 17.6. The van der Waals surface area contributed by atoms with E-state index in [4.69, 9.17) is 4.74 Å². The van der Waals surface area contributed by atoms with Crippen molar-refractivity contribution in [2.24, 2.45) is 5.92 Å². The van der Waals surface area contributed by atoms with E-state index in [1.165, 1.54) is 0 Å². The Hall–Kier alpha value is -2.93. The van der Waals surface area contributed by atoms with Gasteiger partial charge in [-0.15, -0.1) is 0 Å². The summed E-state index contributed by atoms with van der Waals surface area (Å²) in [7, 11) is 0. The molecule has 1 amide bonds. The van der Waals surface area contributed by atoms with Gasteiger partial charge < -0.3 is 15.2 Å². The van der Waals surface area contributed by atoms with Crippen molar-refractivity contribution in [2.45, 2.75) is 64.1 Å². The van der Waals surface area contributed by atoms with E-state index >= 15 is 0 Å². The second kappa shape index (κ2) is 7.64. The molecule has 2 fully saturated rings. The lowest BCUT2D eigenvalue weighted by molar-refractivity contribution is -0.117. The molecule has 0 unspecified atom stereocenters. The largest absolute Gasteiger partial charge is 0.488 e. The van der Waals surface area contributed by atoms with Crippen LogP contribution in [0.3, 0.4) is 0 Å². The number of hydrogen-bond acceptors (Lipinski definition) is 5. The third-order valence-electron chi connectivity index (χ3n) is 6.28. The van der Waals surface area contributed by atoms with Gasteiger partial charge in [0, 0.05) is 29.4 Å². The number of anilines is 1. The first-order valence-corrected chi connectivity index (χ1v) is 11.0. The van der Waals surface area contributed by atoms with Crippen LogP contribution in [0, 0.1) is 12.8 Å². The van der Waals surface area contributed by atoms with Gasteiger partial charge in [-0.05, 0) is 76.1 Å². The first-order chi connectivity index (χ1) is 14.9. The maximum atomic E-state index is 12.1. The predicted octanol–water partition coefficient (Wildman–Crippen LogP) is 4.13. The Morgan fingerprint density at radius 1 is 1.23 bits per heavy atom. The molecule has 5 rings (SSSR count). The molecular weight excluding hydrogens is 392 g/mol. The van der Waals surface area contributed by atoms with Crippen molar-refractivity contribution < 1.29 is 14.6 Å². The Labute approximate surface area is 181 Å². The molecule has 2 N–H and O–H groups in total. The molecule has 31 heavy (non-hydrogen) atoms. The van der Waals surface area contributed by atoms with Gasteiger partial charge in [0.1, 0.15) is 5.75 Å². The van der Waals surface area contributed by atoms with Gasteiger partial charge >= 0.3 is 0 Å². The molecule has 0 bridgehead atoms. The average Bonchev–Trinajstić information content (AvgIpc) is 3.51. The summed E-state index contributed by atoms with van der Waals surface area (Å²) in [4.78, 5) is 16.5. The topological polar surface area (TPSA) is 88.8 Å². The van der Waals surface area contributed by atoms with Gasteiger partial charge in [-0.2, -0.15) is 5.10 Å². The quantitative estimate of drug-likeness (QED) is 0.648. The standard InChI is InChI=1S/C24H28N4O3/c1-15-11-20(21(14-25-15)31-19-5-8-24(2,30)9-6-19)17-7-10-28-18(12-17)13-22(27-28)26-23(29)16-3-4-16/h7,10-14,16,19,30H,3-6,8-9H2,1-2H3,(H,26,27,29)/t19-,24-. The fraction of sp³-hybridized carbons (Fsp3) is 0.458. The molecule has 2 aliphatic carbocycles. The highest BCUT2D eigenvalue weighted by atomic mass is 16.5. The number of amides is 1. The van der Waals surface area contributed by atoms with Crippen molar-refractivity contribution in [1.82, 2.24) is 14.6 Å². The Balaban J connectivity index is 1.40. The smallest absolute Gasteiger partial charge is 0.228 e. The minimum atomic E-state index is -0.589. The summed E-state index contributed by atoms with van der Waals surface area (Å²) in [6.45, 7) is 3.86. The SMILES string of the molecule is Cc1cc(-c2ccn3nc(NC(=O)C4CC4)cc3c2)c(O[C@H]2CC[C@](C)(O)CC2)cn1. The zero-order chi connectivity index (χ0) is 21.6. The molecule has 3 aromatic heterocycles. The fourth-order valence-corrected chi connectivity index (χ4v) is 4.17. The monoisotopic (exact) mass is 420 g/mol. The minimum Gasteiger partial charge on any atom is -0.488 e. The zero-order valence-electron chi connectivity index (χ0n) is 18.0. The van der Waals surface area contributed by atoms with E-state index in [1.54, 1.807) is 10.7 Å². The van der Waals surface area contributed by atoms with Crippen LogP contribution in [0.5, 0.6) is 5.75 Å². The molecule has 0 radical (unpaired) electrons. The first-order valence-electron chi connectivity index (χ1n) is 11.0. The zero-order valence-corrected chi connectivity index (χ0v) is 18.0. The highest BCUT2D eigenvalue weighted by Gasteiger charge is 2.31. The fourth-order valence-electron chi connectivity index (χ4n) is 4.17. The maximum absolute atomic E-state index is 12.1. The number of nitrogens with one attached hydrogen (secondary N) is 1. The lowest BCUT2D eigenvalue weighted by Gasteiger charge is -2.33. The molecule has 7 heteroatoms. The summed E-state index contributed by atoms with van der Waals surface area (Å²) >= 11 is 0. The van der Waals surface area contributed by atoms with Crippen molar-refractivity contribution in [2.75, 3.05) is 5.32 Å². The van der Waals surface area contributed by atoms with Crippen LogP contribution in [0.1, 0.15) is 51.1 Å². The predicted molar refractivity (Wildman–Crippen MR) is 118 cm³/mol. The number of ether oxygens (including phenoxy) is 1. The van der Waals surface area contributed by atoms with E-state index in [0.29, 0.717) is 5.82 Å². The Morgan fingerprint density at radius 2 is 2.00 bits per heavy atom. The van der Waals surface area contributed by atoms with Crippen LogP contribution < -0.4 is 10.1 Å². The van der Waals surface area contributed by atoms with Gasteiger partial charge in [-0.3, -0.25) is 9.78 Å². The number of hydrogen-bond donors (Lipinski definition) is 2. The Morgan fingerprint density at radius 3 is 2.74 bits per heavy atom. The average molecular weight is 421 g/mol. The normalized spacial score (nSPS) is 23.6. The van der Waals surface area contributed by atoms with Crippen molar-refractivity contribution in [1.29, 1.82) is 0 Å². The van der Waals surface area contributed by atoms with Gasteiger partial charge in [0.25, 0.3) is 0 Å². The van der Waals surface area contributed by atoms with E-state index < -0.39 is 5.60 Å². The molecule has 0 spiro atoms. The van der Waals surface area contributed by atoms with Gasteiger partial charge in [0.2, 0.25) is 5.91 Å². The summed E-state index contributed by atoms with van der Waals surface area (Å²) in [6, 6.07) is 7.97. The molecule has 2 aliphatic rings. The third-order valence-corrected chi connectivity index (χ3v) is 6.28. The number of fused-ring (bicyclic) bond motifs is 1. The number of aryl methyl sites for hydroxylation is 1. The molecule has 0 aliphatic heterocycles. The van der Waals surface area contributed by atoms with Crippen LogP contribution in [0.15, 0.2) is 36.7 Å². The van der Waals surface area contributed by atoms with Crippen LogP contribution in [0.25, 0.3) is 16.6 Å². The summed E-state index contributed by atoms with van der Waals surface area (Å²) in [6.07, 6.45) is 8.82. The first kappa shape index (κ1) is 20.0. The van der Waals surface area contributed by atoms with Crippen molar-refractivity contribution in [3.05, 3.63) is 42.4 Å². The molecule has 162 valence electrons. The number of rotatable bonds is 5. The number of carbonyl (C=O) groups excluding carboxylic acids is 1. The molecule has 2 saturated carbocycles. The van der Waals surface area contributed by atoms with Crippen molar-refractivity contribution >= 4 is 17.2 Å². The van der Waals surface area contributed by atoms with Crippen molar-refractivity contribution in [3.8, 4) is 16.9 Å². The molecule has 0 saturated heterocycles. The number of nitrogens with zero attached hydrogens (tertiary/aromatic N) is 3. The van der Waals surface area contributed by atoms with E-state index in [9.17, 15) is 9.90 Å². The Kier molecular flexibility index (Phi) is 4.93. The van der Waals surface area contributed by atoms with Crippen LogP contribution >= 0.6 is 0 Å². The van der Waals surface area contributed by atoms with E-state index in [-0.39, 0.29) is 17.9 Å². The lowest BCUT2D eigenvalue weighted by atomic mass is 9.85. The minimum absolute atomic E-state index is 0.0514. The molecule has 3 heterocycles. The van der Waals surface area contributed by atoms with Crippen LogP contribution in [0.4, 0.5) is 5.82 Å². The van der Waals surface area contributed by atoms with Gasteiger partial charge in [-0.25, -0.2) is 4.52 Å². The Bertz CT molecular complexity index is 1120. The second-order valence-corrected chi connectivity index (χ2v) is 9.21. The maximum Gasteiger partial charge on any atom is 0.228 e. The van der Waals surface area contributed by atoms with E-state index in [1.807, 2.05) is 44.3 Å². The summed E-state index contributed by atoms with van der Waals surface area (Å²) < 4.78 is 8.11.